The highest BCUT2D eigenvalue weighted by Gasteiger charge is 2.25. The van der Waals surface area contributed by atoms with Gasteiger partial charge in [0.05, 0.1) is 10.2 Å². The summed E-state index contributed by atoms with van der Waals surface area (Å²) in [7, 11) is 0. The molecule has 0 aromatic heterocycles. The van der Waals surface area contributed by atoms with Gasteiger partial charge in [-0.25, -0.2) is 4.39 Å². The molecule has 1 aliphatic rings. The molecule has 1 fully saturated rings. The minimum atomic E-state index is -0.382. The number of primary amides is 1. The highest BCUT2D eigenvalue weighted by atomic mass is 79.9. The van der Waals surface area contributed by atoms with E-state index < -0.39 is 0 Å². The predicted molar refractivity (Wildman–Crippen MR) is 84.1 cm³/mol. The van der Waals surface area contributed by atoms with E-state index in [4.69, 9.17) is 23.7 Å². The van der Waals surface area contributed by atoms with Gasteiger partial charge >= 0.3 is 0 Å². The molecular weight excluding hydrogens is 345 g/mol. The molecule has 1 aromatic rings. The van der Waals surface area contributed by atoms with Crippen molar-refractivity contribution in [3.63, 3.8) is 0 Å². The van der Waals surface area contributed by atoms with Crippen molar-refractivity contribution in [3.05, 3.63) is 28.0 Å². The molecule has 1 aromatic carbocycles. The Balaban J connectivity index is 2.21. The van der Waals surface area contributed by atoms with Crippen LogP contribution in [0.2, 0.25) is 0 Å². The number of thiocarbonyl (C=S) groups is 1. The predicted octanol–water partition coefficient (Wildman–Crippen LogP) is 1.92. The Hall–Kier alpha value is -1.21. The zero-order valence-corrected chi connectivity index (χ0v) is 13.1. The summed E-state index contributed by atoms with van der Waals surface area (Å²) in [6, 6.07) is 3.37. The van der Waals surface area contributed by atoms with Gasteiger partial charge in [0, 0.05) is 24.6 Å². The summed E-state index contributed by atoms with van der Waals surface area (Å²) in [5.74, 6) is -0.781. The number of hydrogen-bond donors (Lipinski definition) is 2. The van der Waals surface area contributed by atoms with E-state index in [1.807, 2.05) is 4.90 Å². The standard InChI is InChI=1S/C13H15BrFN3OS/c14-10-8(13(17)20)1-2-9(11(10)15)18-5-3-7(4-6-18)12(16)19/h1-2,7H,3-6H2,(H2,16,19)(H2,17,20). The largest absolute Gasteiger partial charge is 0.389 e. The first kappa shape index (κ1) is 15.2. The fourth-order valence-corrected chi connectivity index (χ4v) is 3.23. The molecule has 2 rings (SSSR count). The summed E-state index contributed by atoms with van der Waals surface area (Å²) >= 11 is 8.06. The molecule has 0 unspecified atom stereocenters. The third kappa shape index (κ3) is 2.93. The van der Waals surface area contributed by atoms with E-state index in [1.165, 1.54) is 0 Å². The van der Waals surface area contributed by atoms with Crippen LogP contribution in [0.25, 0.3) is 0 Å². The first-order valence-corrected chi connectivity index (χ1v) is 7.44. The van der Waals surface area contributed by atoms with Gasteiger partial charge < -0.3 is 16.4 Å². The number of halogens is 2. The number of carbonyl (C=O) groups is 1. The average molecular weight is 360 g/mol. The maximum Gasteiger partial charge on any atom is 0.220 e. The number of carbonyl (C=O) groups excluding carboxylic acids is 1. The molecule has 0 spiro atoms. The molecule has 0 bridgehead atoms. The van der Waals surface area contributed by atoms with E-state index in [2.05, 4.69) is 15.9 Å². The lowest BCUT2D eigenvalue weighted by molar-refractivity contribution is -0.122. The topological polar surface area (TPSA) is 72.4 Å². The first-order chi connectivity index (χ1) is 9.41. The summed E-state index contributed by atoms with van der Waals surface area (Å²) < 4.78 is 14.6. The Morgan fingerprint density at radius 1 is 1.35 bits per heavy atom. The zero-order chi connectivity index (χ0) is 14.9. The van der Waals surface area contributed by atoms with Crippen molar-refractivity contribution in [3.8, 4) is 0 Å². The lowest BCUT2D eigenvalue weighted by atomic mass is 9.96. The molecule has 4 nitrogen and oxygen atoms in total. The normalized spacial score (nSPS) is 16.2. The van der Waals surface area contributed by atoms with E-state index in [0.29, 0.717) is 37.2 Å². The lowest BCUT2D eigenvalue weighted by Crippen LogP contribution is -2.39. The van der Waals surface area contributed by atoms with Crippen LogP contribution in [0.5, 0.6) is 0 Å². The number of rotatable bonds is 3. The number of piperidine rings is 1. The molecule has 7 heteroatoms. The van der Waals surface area contributed by atoms with Crippen LogP contribution in [-0.2, 0) is 4.79 Å². The monoisotopic (exact) mass is 359 g/mol. The number of benzene rings is 1. The van der Waals surface area contributed by atoms with Gasteiger partial charge in [0.1, 0.15) is 4.99 Å². The van der Waals surface area contributed by atoms with Crippen LogP contribution in [0, 0.1) is 11.7 Å². The molecule has 20 heavy (non-hydrogen) atoms. The van der Waals surface area contributed by atoms with Gasteiger partial charge in [-0.05, 0) is 40.9 Å². The second-order valence-corrected chi connectivity index (χ2v) is 6.02. The summed E-state index contributed by atoms with van der Waals surface area (Å²) in [6.45, 7) is 1.20. The quantitative estimate of drug-likeness (QED) is 0.808. The Labute approximate surface area is 130 Å². The van der Waals surface area contributed by atoms with Crippen molar-refractivity contribution in [1.82, 2.24) is 0 Å². The van der Waals surface area contributed by atoms with Crippen molar-refractivity contribution in [2.45, 2.75) is 12.8 Å². The molecule has 1 aliphatic heterocycles. The van der Waals surface area contributed by atoms with Gasteiger partial charge in [0.2, 0.25) is 5.91 Å². The lowest BCUT2D eigenvalue weighted by Gasteiger charge is -2.32. The van der Waals surface area contributed by atoms with Crippen molar-refractivity contribution >= 4 is 44.7 Å². The molecule has 4 N–H and O–H groups in total. The van der Waals surface area contributed by atoms with E-state index in [9.17, 15) is 9.18 Å². The van der Waals surface area contributed by atoms with Crippen LogP contribution in [0.3, 0.4) is 0 Å². The molecule has 0 aliphatic carbocycles. The summed E-state index contributed by atoms with van der Waals surface area (Å²) in [6.07, 6.45) is 1.28. The maximum atomic E-state index is 14.4. The van der Waals surface area contributed by atoms with E-state index >= 15 is 0 Å². The molecule has 1 amide bonds. The van der Waals surface area contributed by atoms with Crippen LogP contribution in [0.1, 0.15) is 18.4 Å². The fourth-order valence-electron chi connectivity index (χ4n) is 2.38. The summed E-state index contributed by atoms with van der Waals surface area (Å²) in [5, 5.41) is 0. The molecule has 1 heterocycles. The second-order valence-electron chi connectivity index (χ2n) is 4.79. The van der Waals surface area contributed by atoms with E-state index in [1.54, 1.807) is 12.1 Å². The van der Waals surface area contributed by atoms with Crippen LogP contribution < -0.4 is 16.4 Å². The van der Waals surface area contributed by atoms with Crippen LogP contribution >= 0.6 is 28.1 Å². The van der Waals surface area contributed by atoms with Gasteiger partial charge in [-0.3, -0.25) is 4.79 Å². The summed E-state index contributed by atoms with van der Waals surface area (Å²) in [4.78, 5) is 13.2. The Morgan fingerprint density at radius 3 is 2.45 bits per heavy atom. The van der Waals surface area contributed by atoms with Crippen molar-refractivity contribution in [1.29, 1.82) is 0 Å². The molecule has 108 valence electrons. The van der Waals surface area contributed by atoms with Crippen molar-refractivity contribution < 1.29 is 9.18 Å². The highest BCUT2D eigenvalue weighted by molar-refractivity contribution is 9.10. The summed E-state index contributed by atoms with van der Waals surface area (Å²) in [5.41, 5.74) is 11.8. The van der Waals surface area contributed by atoms with Crippen molar-refractivity contribution in [2.75, 3.05) is 18.0 Å². The first-order valence-electron chi connectivity index (χ1n) is 6.24. The number of anilines is 1. The van der Waals surface area contributed by atoms with Crippen LogP contribution in [0.15, 0.2) is 16.6 Å². The van der Waals surface area contributed by atoms with E-state index in [0.717, 1.165) is 0 Å². The molecule has 0 radical (unpaired) electrons. The highest BCUT2D eigenvalue weighted by Crippen LogP contribution is 2.31. The Bertz CT molecular complexity index is 559. The number of nitrogens with zero attached hydrogens (tertiary/aromatic N) is 1. The van der Waals surface area contributed by atoms with Gasteiger partial charge in [-0.15, -0.1) is 0 Å². The van der Waals surface area contributed by atoms with Crippen LogP contribution in [0.4, 0.5) is 10.1 Å². The van der Waals surface area contributed by atoms with Gasteiger partial charge in [0.25, 0.3) is 0 Å². The third-order valence-corrected chi connectivity index (χ3v) is 4.56. The maximum absolute atomic E-state index is 14.4. The molecular formula is C13H15BrFN3OS. The van der Waals surface area contributed by atoms with Gasteiger partial charge in [-0.2, -0.15) is 0 Å². The van der Waals surface area contributed by atoms with Crippen LogP contribution in [-0.4, -0.2) is 24.0 Å². The number of hydrogen-bond acceptors (Lipinski definition) is 3. The third-order valence-electron chi connectivity index (χ3n) is 3.57. The minimum absolute atomic E-state index is 0.117. The number of amides is 1. The fraction of sp³-hybridized carbons (Fsp3) is 0.385. The SMILES string of the molecule is NC(=O)C1CCN(c2ccc(C(N)=S)c(Br)c2F)CC1. The number of nitrogens with two attached hydrogens (primary N) is 2. The molecule has 0 atom stereocenters. The molecule has 1 saturated heterocycles. The average Bonchev–Trinajstić information content (AvgIpc) is 2.41. The second kappa shape index (κ2) is 6.05. The minimum Gasteiger partial charge on any atom is -0.389 e. The smallest absolute Gasteiger partial charge is 0.220 e. The van der Waals surface area contributed by atoms with Gasteiger partial charge in [0.15, 0.2) is 5.82 Å². The zero-order valence-electron chi connectivity index (χ0n) is 10.7. The van der Waals surface area contributed by atoms with E-state index in [-0.39, 0.29) is 27.1 Å². The Kier molecular flexibility index (Phi) is 4.59. The van der Waals surface area contributed by atoms with Gasteiger partial charge in [-0.1, -0.05) is 12.2 Å². The Morgan fingerprint density at radius 2 is 1.95 bits per heavy atom. The van der Waals surface area contributed by atoms with Crippen molar-refractivity contribution in [2.24, 2.45) is 17.4 Å². The molecule has 0 saturated carbocycles.